The Morgan fingerprint density at radius 1 is 0.939 bits per heavy atom. The van der Waals surface area contributed by atoms with Crippen LogP contribution in [-0.4, -0.2) is 28.5 Å². The predicted octanol–water partition coefficient (Wildman–Crippen LogP) is 5.10. The van der Waals surface area contributed by atoms with Gasteiger partial charge in [-0.25, -0.2) is 4.98 Å². The summed E-state index contributed by atoms with van der Waals surface area (Å²) in [5.74, 6) is 0.147. The molecule has 2 N–H and O–H groups in total. The van der Waals surface area contributed by atoms with Gasteiger partial charge >= 0.3 is 0 Å². The number of nitrogens with zero attached hydrogens (tertiary/aromatic N) is 2. The number of anilines is 2. The van der Waals surface area contributed by atoms with Crippen molar-refractivity contribution in [1.29, 1.82) is 0 Å². The minimum absolute atomic E-state index is 0.208. The standard InChI is InChI=1S/C25H21ClN4O3/c1-33-22-4-2-3-21(13-22)29-25(32)23-15-30(16-27-23)14-17-5-11-20(12-6-17)28-24(31)18-7-9-19(26)10-8-18/h2-13,15-16H,14H2,1H3,(H,28,31)(H,29,32). The molecule has 2 amide bonds. The van der Waals surface area contributed by atoms with Gasteiger partial charge in [-0.1, -0.05) is 29.8 Å². The molecule has 0 saturated carbocycles. The smallest absolute Gasteiger partial charge is 0.275 e. The summed E-state index contributed by atoms with van der Waals surface area (Å²) in [6, 6.07) is 21.3. The number of ether oxygens (including phenoxy) is 1. The van der Waals surface area contributed by atoms with Crippen LogP contribution in [-0.2, 0) is 6.54 Å². The molecule has 0 atom stereocenters. The van der Waals surface area contributed by atoms with E-state index in [1.807, 2.05) is 28.8 Å². The molecule has 0 aliphatic heterocycles. The van der Waals surface area contributed by atoms with E-state index in [-0.39, 0.29) is 11.8 Å². The van der Waals surface area contributed by atoms with E-state index in [9.17, 15) is 9.59 Å². The lowest BCUT2D eigenvalue weighted by Crippen LogP contribution is -2.12. The number of nitrogens with one attached hydrogen (secondary N) is 2. The van der Waals surface area contributed by atoms with Crippen LogP contribution in [0, 0.1) is 0 Å². The molecule has 3 aromatic carbocycles. The van der Waals surface area contributed by atoms with Crippen LogP contribution in [0.4, 0.5) is 11.4 Å². The Bertz CT molecular complexity index is 1270. The summed E-state index contributed by atoms with van der Waals surface area (Å²) in [6.45, 7) is 0.533. The molecule has 4 aromatic rings. The fourth-order valence-corrected chi connectivity index (χ4v) is 3.29. The molecule has 0 radical (unpaired) electrons. The SMILES string of the molecule is COc1cccc(NC(=O)c2cn(Cc3ccc(NC(=O)c4ccc(Cl)cc4)cc3)cn2)c1. The van der Waals surface area contributed by atoms with Crippen molar-refractivity contribution >= 4 is 34.8 Å². The van der Waals surface area contributed by atoms with Gasteiger partial charge in [0.1, 0.15) is 11.4 Å². The molecule has 0 unspecified atom stereocenters. The first-order valence-electron chi connectivity index (χ1n) is 10.1. The van der Waals surface area contributed by atoms with Crippen LogP contribution in [0.25, 0.3) is 0 Å². The van der Waals surface area contributed by atoms with Crippen LogP contribution >= 0.6 is 11.6 Å². The Morgan fingerprint density at radius 2 is 1.67 bits per heavy atom. The highest BCUT2D eigenvalue weighted by molar-refractivity contribution is 6.30. The normalized spacial score (nSPS) is 10.5. The molecule has 0 fully saturated rings. The molecular weight excluding hydrogens is 440 g/mol. The van der Waals surface area contributed by atoms with E-state index in [0.717, 1.165) is 5.56 Å². The molecule has 166 valence electrons. The lowest BCUT2D eigenvalue weighted by molar-refractivity contribution is 0.101. The highest BCUT2D eigenvalue weighted by Crippen LogP contribution is 2.18. The Kier molecular flexibility index (Phi) is 6.71. The number of rotatable bonds is 7. The van der Waals surface area contributed by atoms with Gasteiger partial charge in [-0.15, -0.1) is 0 Å². The molecule has 0 aliphatic carbocycles. The lowest BCUT2D eigenvalue weighted by atomic mass is 10.2. The number of hydrogen-bond donors (Lipinski definition) is 2. The summed E-state index contributed by atoms with van der Waals surface area (Å²) < 4.78 is 6.99. The zero-order valence-electron chi connectivity index (χ0n) is 17.8. The van der Waals surface area contributed by atoms with Gasteiger partial charge in [0.2, 0.25) is 0 Å². The van der Waals surface area contributed by atoms with E-state index in [1.54, 1.807) is 68.2 Å². The van der Waals surface area contributed by atoms with Crippen molar-refractivity contribution in [2.45, 2.75) is 6.54 Å². The number of hydrogen-bond acceptors (Lipinski definition) is 4. The van der Waals surface area contributed by atoms with Crippen LogP contribution in [0.2, 0.25) is 5.02 Å². The van der Waals surface area contributed by atoms with Crippen LogP contribution in [0.15, 0.2) is 85.3 Å². The fourth-order valence-electron chi connectivity index (χ4n) is 3.17. The Labute approximate surface area is 196 Å². The zero-order valence-corrected chi connectivity index (χ0v) is 18.5. The van der Waals surface area contributed by atoms with E-state index in [4.69, 9.17) is 16.3 Å². The van der Waals surface area contributed by atoms with Crippen molar-refractivity contribution in [3.05, 3.63) is 107 Å². The zero-order chi connectivity index (χ0) is 23.2. The Morgan fingerprint density at radius 3 is 2.39 bits per heavy atom. The average Bonchev–Trinajstić information content (AvgIpc) is 3.29. The third kappa shape index (κ3) is 5.78. The number of benzene rings is 3. The molecular formula is C25H21ClN4O3. The van der Waals surface area contributed by atoms with Crippen molar-refractivity contribution in [1.82, 2.24) is 9.55 Å². The van der Waals surface area contributed by atoms with Gasteiger partial charge in [0.05, 0.1) is 13.4 Å². The van der Waals surface area contributed by atoms with Gasteiger partial charge in [-0.2, -0.15) is 0 Å². The number of amides is 2. The number of aromatic nitrogens is 2. The number of carbonyl (C=O) groups excluding carboxylic acids is 2. The lowest BCUT2D eigenvalue weighted by Gasteiger charge is -2.07. The second-order valence-electron chi connectivity index (χ2n) is 7.28. The summed E-state index contributed by atoms with van der Waals surface area (Å²) >= 11 is 5.86. The molecule has 0 bridgehead atoms. The van der Waals surface area contributed by atoms with E-state index >= 15 is 0 Å². The quantitative estimate of drug-likeness (QED) is 0.402. The van der Waals surface area contributed by atoms with Gasteiger partial charge in [0.15, 0.2) is 0 Å². The summed E-state index contributed by atoms with van der Waals surface area (Å²) in [6.07, 6.45) is 3.29. The highest BCUT2D eigenvalue weighted by atomic mass is 35.5. The molecule has 8 heteroatoms. The van der Waals surface area contributed by atoms with E-state index in [1.165, 1.54) is 0 Å². The predicted molar refractivity (Wildman–Crippen MR) is 128 cm³/mol. The number of methoxy groups -OCH3 is 1. The third-order valence-corrected chi connectivity index (χ3v) is 5.13. The van der Waals surface area contributed by atoms with Crippen molar-refractivity contribution in [2.24, 2.45) is 0 Å². The van der Waals surface area contributed by atoms with Crippen molar-refractivity contribution in [3.8, 4) is 5.75 Å². The minimum Gasteiger partial charge on any atom is -0.497 e. The maximum Gasteiger partial charge on any atom is 0.275 e. The highest BCUT2D eigenvalue weighted by Gasteiger charge is 2.11. The van der Waals surface area contributed by atoms with Crippen molar-refractivity contribution < 1.29 is 14.3 Å². The van der Waals surface area contributed by atoms with Gasteiger partial charge in [-0.05, 0) is 54.1 Å². The molecule has 33 heavy (non-hydrogen) atoms. The largest absolute Gasteiger partial charge is 0.497 e. The maximum absolute atomic E-state index is 12.5. The fraction of sp³-hybridized carbons (Fsp3) is 0.0800. The van der Waals surface area contributed by atoms with E-state index < -0.39 is 0 Å². The molecule has 0 saturated heterocycles. The topological polar surface area (TPSA) is 85.2 Å². The van der Waals surface area contributed by atoms with Gasteiger partial charge in [0, 0.05) is 40.8 Å². The van der Waals surface area contributed by atoms with Crippen LogP contribution in [0.5, 0.6) is 5.75 Å². The average molecular weight is 461 g/mol. The van der Waals surface area contributed by atoms with E-state index in [2.05, 4.69) is 15.6 Å². The molecule has 7 nitrogen and oxygen atoms in total. The summed E-state index contributed by atoms with van der Waals surface area (Å²) in [5.41, 5.74) is 3.15. The summed E-state index contributed by atoms with van der Waals surface area (Å²) in [4.78, 5) is 29.0. The van der Waals surface area contributed by atoms with Crippen molar-refractivity contribution in [3.63, 3.8) is 0 Å². The summed E-state index contributed by atoms with van der Waals surface area (Å²) in [7, 11) is 1.57. The first kappa shape index (κ1) is 22.1. The number of carbonyl (C=O) groups is 2. The number of halogens is 1. The van der Waals surface area contributed by atoms with Crippen LogP contribution < -0.4 is 15.4 Å². The maximum atomic E-state index is 12.5. The first-order chi connectivity index (χ1) is 16.0. The molecule has 4 rings (SSSR count). The third-order valence-electron chi connectivity index (χ3n) is 4.88. The second kappa shape index (κ2) is 10.0. The van der Waals surface area contributed by atoms with Gasteiger partial charge < -0.3 is 19.9 Å². The van der Waals surface area contributed by atoms with Crippen molar-refractivity contribution in [2.75, 3.05) is 17.7 Å². The van der Waals surface area contributed by atoms with Gasteiger partial charge in [0.25, 0.3) is 11.8 Å². The Balaban J connectivity index is 1.35. The van der Waals surface area contributed by atoms with Gasteiger partial charge in [-0.3, -0.25) is 9.59 Å². The van der Waals surface area contributed by atoms with Crippen LogP contribution in [0.3, 0.4) is 0 Å². The summed E-state index contributed by atoms with van der Waals surface area (Å²) in [5, 5.41) is 6.25. The molecule has 0 spiro atoms. The Hall–Kier alpha value is -4.10. The molecule has 1 aromatic heterocycles. The molecule has 1 heterocycles. The minimum atomic E-state index is -0.303. The molecule has 0 aliphatic rings. The van der Waals surface area contributed by atoms with Crippen LogP contribution in [0.1, 0.15) is 26.4 Å². The monoisotopic (exact) mass is 460 g/mol. The van der Waals surface area contributed by atoms with E-state index in [0.29, 0.717) is 39.9 Å². The second-order valence-corrected chi connectivity index (χ2v) is 7.71. The number of imidazole rings is 1. The first-order valence-corrected chi connectivity index (χ1v) is 10.5.